The number of benzene rings is 1. The molecule has 0 atom stereocenters. The molecule has 2 rings (SSSR count). The third-order valence-corrected chi connectivity index (χ3v) is 3.77. The molecular formula is C9H8BrNO2S. The normalized spacial score (nSPS) is 12.1. The van der Waals surface area contributed by atoms with Gasteiger partial charge in [-0.25, -0.2) is 8.42 Å². The lowest BCUT2D eigenvalue weighted by molar-refractivity contribution is 0.602. The van der Waals surface area contributed by atoms with E-state index in [1.165, 1.54) is 6.26 Å². The van der Waals surface area contributed by atoms with Crippen molar-refractivity contribution >= 4 is 36.7 Å². The average Bonchev–Trinajstić information content (AvgIpc) is 2.50. The predicted molar refractivity (Wildman–Crippen MR) is 59.1 cm³/mol. The Morgan fingerprint density at radius 1 is 1.36 bits per heavy atom. The first-order valence-electron chi connectivity index (χ1n) is 3.95. The number of aromatic amines is 1. The Labute approximate surface area is 90.2 Å². The molecule has 0 bridgehead atoms. The van der Waals surface area contributed by atoms with Crippen molar-refractivity contribution in [2.45, 2.75) is 4.90 Å². The molecule has 3 nitrogen and oxygen atoms in total. The van der Waals surface area contributed by atoms with Crippen LogP contribution in [0.15, 0.2) is 33.8 Å². The first-order valence-corrected chi connectivity index (χ1v) is 6.63. The summed E-state index contributed by atoms with van der Waals surface area (Å²) >= 11 is 3.33. The zero-order valence-electron chi connectivity index (χ0n) is 7.41. The predicted octanol–water partition coefficient (Wildman–Crippen LogP) is 2.33. The molecular weight excluding hydrogens is 266 g/mol. The lowest BCUT2D eigenvalue weighted by atomic mass is 10.2. The molecule has 0 aliphatic carbocycles. The summed E-state index contributed by atoms with van der Waals surface area (Å²) in [7, 11) is -3.14. The van der Waals surface area contributed by atoms with Gasteiger partial charge in [0, 0.05) is 27.8 Å². The minimum absolute atomic E-state index is 0.319. The summed E-state index contributed by atoms with van der Waals surface area (Å²) in [4.78, 5) is 3.30. The van der Waals surface area contributed by atoms with E-state index in [1.54, 1.807) is 18.3 Å². The number of nitrogens with one attached hydrogen (secondary N) is 1. The summed E-state index contributed by atoms with van der Waals surface area (Å²) < 4.78 is 23.4. The van der Waals surface area contributed by atoms with Crippen LogP contribution in [0.2, 0.25) is 0 Å². The fraction of sp³-hybridized carbons (Fsp3) is 0.111. The Hall–Kier alpha value is -0.810. The molecule has 0 radical (unpaired) electrons. The highest BCUT2D eigenvalue weighted by Crippen LogP contribution is 2.26. The number of hydrogen-bond donors (Lipinski definition) is 1. The highest BCUT2D eigenvalue weighted by Gasteiger charge is 2.10. The van der Waals surface area contributed by atoms with E-state index in [0.29, 0.717) is 4.90 Å². The maximum Gasteiger partial charge on any atom is 0.175 e. The SMILES string of the molecule is CS(=O)(=O)c1cc(Br)c2cc[nH]c2c1. The second kappa shape index (κ2) is 3.10. The summed E-state index contributed by atoms with van der Waals surface area (Å²) in [5.41, 5.74) is 0.819. The molecule has 2 aromatic rings. The van der Waals surface area contributed by atoms with Gasteiger partial charge in [-0.3, -0.25) is 0 Å². The van der Waals surface area contributed by atoms with Crippen LogP contribution in [-0.4, -0.2) is 19.7 Å². The van der Waals surface area contributed by atoms with Crippen LogP contribution in [0.4, 0.5) is 0 Å². The molecule has 74 valence electrons. The topological polar surface area (TPSA) is 49.9 Å². The molecule has 0 unspecified atom stereocenters. The third kappa shape index (κ3) is 1.57. The molecule has 0 spiro atoms. The summed E-state index contributed by atoms with van der Waals surface area (Å²) in [6.07, 6.45) is 2.98. The van der Waals surface area contributed by atoms with Crippen LogP contribution < -0.4 is 0 Å². The maximum atomic E-state index is 11.3. The van der Waals surface area contributed by atoms with Gasteiger partial charge in [0.1, 0.15) is 0 Å². The van der Waals surface area contributed by atoms with E-state index in [4.69, 9.17) is 0 Å². The summed E-state index contributed by atoms with van der Waals surface area (Å²) in [6.45, 7) is 0. The standard InChI is InChI=1S/C9H8BrNO2S/c1-14(12,13)6-4-8(10)7-2-3-11-9(7)5-6/h2-5,11H,1H3. The van der Waals surface area contributed by atoms with Gasteiger partial charge in [0.25, 0.3) is 0 Å². The minimum Gasteiger partial charge on any atom is -0.361 e. The highest BCUT2D eigenvalue weighted by atomic mass is 79.9. The van der Waals surface area contributed by atoms with E-state index in [2.05, 4.69) is 20.9 Å². The summed E-state index contributed by atoms with van der Waals surface area (Å²) in [5, 5.41) is 0.984. The molecule has 1 N–H and O–H groups in total. The van der Waals surface area contributed by atoms with Crippen molar-refractivity contribution in [3.63, 3.8) is 0 Å². The van der Waals surface area contributed by atoms with Gasteiger partial charge in [-0.05, 0) is 18.2 Å². The third-order valence-electron chi connectivity index (χ3n) is 2.02. The van der Waals surface area contributed by atoms with Crippen molar-refractivity contribution in [1.82, 2.24) is 4.98 Å². The fourth-order valence-corrected chi connectivity index (χ4v) is 2.72. The van der Waals surface area contributed by atoms with Gasteiger partial charge >= 0.3 is 0 Å². The lowest BCUT2D eigenvalue weighted by Crippen LogP contribution is -1.96. The van der Waals surface area contributed by atoms with E-state index in [1.807, 2.05) is 6.07 Å². The second-order valence-electron chi connectivity index (χ2n) is 3.12. The van der Waals surface area contributed by atoms with Gasteiger partial charge in [0.05, 0.1) is 4.90 Å². The minimum atomic E-state index is -3.14. The zero-order valence-corrected chi connectivity index (χ0v) is 9.81. The van der Waals surface area contributed by atoms with E-state index in [-0.39, 0.29) is 0 Å². The van der Waals surface area contributed by atoms with Crippen LogP contribution in [0.5, 0.6) is 0 Å². The lowest BCUT2D eigenvalue weighted by Gasteiger charge is -2.00. The van der Waals surface area contributed by atoms with E-state index in [0.717, 1.165) is 15.4 Å². The van der Waals surface area contributed by atoms with Crippen molar-refractivity contribution < 1.29 is 8.42 Å². The quantitative estimate of drug-likeness (QED) is 0.867. The Morgan fingerprint density at radius 2 is 2.07 bits per heavy atom. The second-order valence-corrected chi connectivity index (χ2v) is 5.99. The van der Waals surface area contributed by atoms with Gasteiger partial charge < -0.3 is 4.98 Å². The number of H-pyrrole nitrogens is 1. The maximum absolute atomic E-state index is 11.3. The molecule has 0 saturated heterocycles. The van der Waals surface area contributed by atoms with Gasteiger partial charge in [-0.1, -0.05) is 15.9 Å². The van der Waals surface area contributed by atoms with Gasteiger partial charge in [0.2, 0.25) is 0 Å². The Kier molecular flexibility index (Phi) is 2.16. The molecule has 1 heterocycles. The first kappa shape index (κ1) is 9.73. The summed E-state index contributed by atoms with van der Waals surface area (Å²) in [6, 6.07) is 5.15. The van der Waals surface area contributed by atoms with Crippen molar-refractivity contribution in [3.05, 3.63) is 28.9 Å². The van der Waals surface area contributed by atoms with Crippen molar-refractivity contribution in [3.8, 4) is 0 Å². The van der Waals surface area contributed by atoms with Crippen LogP contribution in [0.3, 0.4) is 0 Å². The average molecular weight is 274 g/mol. The monoisotopic (exact) mass is 273 g/mol. The largest absolute Gasteiger partial charge is 0.361 e. The number of hydrogen-bond acceptors (Lipinski definition) is 2. The van der Waals surface area contributed by atoms with Crippen molar-refractivity contribution in [2.75, 3.05) is 6.26 Å². The Morgan fingerprint density at radius 3 is 2.71 bits per heavy atom. The molecule has 14 heavy (non-hydrogen) atoms. The number of halogens is 1. The molecule has 0 fully saturated rings. The zero-order chi connectivity index (χ0) is 10.3. The van der Waals surface area contributed by atoms with Crippen LogP contribution >= 0.6 is 15.9 Å². The number of sulfone groups is 1. The number of rotatable bonds is 1. The fourth-order valence-electron chi connectivity index (χ4n) is 1.31. The van der Waals surface area contributed by atoms with Gasteiger partial charge in [-0.15, -0.1) is 0 Å². The molecule has 1 aromatic heterocycles. The molecule has 0 aliphatic heterocycles. The van der Waals surface area contributed by atoms with Crippen LogP contribution in [0.1, 0.15) is 0 Å². The van der Waals surface area contributed by atoms with E-state index in [9.17, 15) is 8.42 Å². The summed E-state index contributed by atoms with van der Waals surface area (Å²) in [5.74, 6) is 0. The first-order chi connectivity index (χ1) is 6.48. The molecule has 1 aromatic carbocycles. The van der Waals surface area contributed by atoms with E-state index < -0.39 is 9.84 Å². The van der Waals surface area contributed by atoms with Gasteiger partial charge in [-0.2, -0.15) is 0 Å². The Balaban J connectivity index is 2.83. The van der Waals surface area contributed by atoms with Crippen LogP contribution in [0, 0.1) is 0 Å². The number of fused-ring (bicyclic) bond motifs is 1. The molecule has 0 aliphatic rings. The Bertz CT molecular complexity index is 586. The molecule has 5 heteroatoms. The molecule has 0 saturated carbocycles. The van der Waals surface area contributed by atoms with Crippen LogP contribution in [0.25, 0.3) is 10.9 Å². The molecule has 0 amide bonds. The highest BCUT2D eigenvalue weighted by molar-refractivity contribution is 9.10. The van der Waals surface area contributed by atoms with Crippen LogP contribution in [-0.2, 0) is 9.84 Å². The van der Waals surface area contributed by atoms with Crippen molar-refractivity contribution in [2.24, 2.45) is 0 Å². The van der Waals surface area contributed by atoms with Gasteiger partial charge in [0.15, 0.2) is 9.84 Å². The smallest absolute Gasteiger partial charge is 0.175 e. The number of aromatic nitrogens is 1. The van der Waals surface area contributed by atoms with Crippen molar-refractivity contribution in [1.29, 1.82) is 0 Å². The van der Waals surface area contributed by atoms with E-state index >= 15 is 0 Å².